The number of hydrogen-bond acceptors (Lipinski definition) is 8. The fourth-order valence-corrected chi connectivity index (χ4v) is 2.33. The van der Waals surface area contributed by atoms with Crippen LogP contribution in [0.5, 0.6) is 0 Å². The maximum absolute atomic E-state index is 11.4. The normalized spacial score (nSPS) is 32.4. The highest BCUT2D eigenvalue weighted by Gasteiger charge is 2.38. The molecule has 0 amide bonds. The monoisotopic (exact) mass is 277 g/mol. The van der Waals surface area contributed by atoms with Crippen molar-refractivity contribution in [3.8, 4) is 0 Å². The van der Waals surface area contributed by atoms with Gasteiger partial charge in [-0.15, -0.1) is 0 Å². The van der Waals surface area contributed by atoms with E-state index < -0.39 is 35.0 Å². The molecule has 9 nitrogen and oxygen atoms in total. The quantitative estimate of drug-likeness (QED) is 0.384. The van der Waals surface area contributed by atoms with E-state index in [2.05, 4.69) is 5.10 Å². The predicted molar refractivity (Wildman–Crippen MR) is 59.1 cm³/mol. The van der Waals surface area contributed by atoms with Crippen LogP contribution in [0, 0.1) is 0 Å². The van der Waals surface area contributed by atoms with E-state index in [4.69, 9.17) is 4.74 Å². The summed E-state index contributed by atoms with van der Waals surface area (Å²) in [5.74, 6) is 0. The summed E-state index contributed by atoms with van der Waals surface area (Å²) in [4.78, 5) is 24.1. The van der Waals surface area contributed by atoms with Gasteiger partial charge in [-0.05, 0) is 0 Å². The number of aromatic amines is 2. The average molecular weight is 277 g/mol. The van der Waals surface area contributed by atoms with Crippen LogP contribution in [-0.4, -0.2) is 60.9 Å². The first-order valence-electron chi connectivity index (χ1n) is 5.00. The molecule has 2 heterocycles. The maximum Gasteiger partial charge on any atom is 0.342 e. The summed E-state index contributed by atoms with van der Waals surface area (Å²) in [6.07, 6.45) is -3.91. The Hall–Kier alpha value is -1.20. The fraction of sp³-hybridized carbons (Fsp3) is 0.625. The van der Waals surface area contributed by atoms with Gasteiger partial charge in [-0.25, -0.2) is 9.89 Å². The third-order valence-electron chi connectivity index (χ3n) is 2.36. The van der Waals surface area contributed by atoms with Crippen LogP contribution in [0.3, 0.4) is 0 Å². The molecular formula is C8H11N3O6S. The van der Waals surface area contributed by atoms with E-state index in [0.717, 1.165) is 11.8 Å². The van der Waals surface area contributed by atoms with Crippen molar-refractivity contribution < 1.29 is 20.1 Å². The van der Waals surface area contributed by atoms with Crippen LogP contribution in [0.2, 0.25) is 0 Å². The summed E-state index contributed by atoms with van der Waals surface area (Å²) >= 11 is 0.745. The third-order valence-corrected chi connectivity index (χ3v) is 3.51. The summed E-state index contributed by atoms with van der Waals surface area (Å²) in [7, 11) is 0. The Labute approximate surface area is 104 Å². The van der Waals surface area contributed by atoms with Crippen LogP contribution in [0.25, 0.3) is 0 Å². The topological polar surface area (TPSA) is 149 Å². The summed E-state index contributed by atoms with van der Waals surface area (Å²) < 4.78 is 5.08. The van der Waals surface area contributed by atoms with Gasteiger partial charge >= 0.3 is 5.69 Å². The fourth-order valence-electron chi connectivity index (χ4n) is 1.41. The highest BCUT2D eigenvalue weighted by Crippen LogP contribution is 2.27. The zero-order valence-electron chi connectivity index (χ0n) is 8.94. The van der Waals surface area contributed by atoms with Gasteiger partial charge in [0.05, 0.1) is 6.61 Å². The molecule has 0 spiro atoms. The van der Waals surface area contributed by atoms with Crippen molar-refractivity contribution in [3.63, 3.8) is 0 Å². The Morgan fingerprint density at radius 1 is 1.28 bits per heavy atom. The minimum Gasteiger partial charge on any atom is -0.388 e. The first-order chi connectivity index (χ1) is 8.49. The van der Waals surface area contributed by atoms with Crippen LogP contribution in [-0.2, 0) is 4.74 Å². The summed E-state index contributed by atoms with van der Waals surface area (Å²) in [6.45, 7) is -0.169. The number of hydrogen-bond donors (Lipinski definition) is 5. The molecule has 1 aromatic rings. The molecule has 0 saturated carbocycles. The molecule has 5 N–H and O–H groups in total. The molecule has 1 aliphatic heterocycles. The smallest absolute Gasteiger partial charge is 0.342 e. The number of aromatic nitrogens is 3. The Bertz CT molecular complexity index is 530. The largest absolute Gasteiger partial charge is 0.388 e. The number of rotatable bonds is 2. The zero-order chi connectivity index (χ0) is 13.3. The lowest BCUT2D eigenvalue weighted by molar-refractivity contribution is -0.161. The summed E-state index contributed by atoms with van der Waals surface area (Å²) in [6, 6.07) is 0. The Morgan fingerprint density at radius 2 is 2.00 bits per heavy atom. The van der Waals surface area contributed by atoms with E-state index in [1.54, 1.807) is 0 Å². The van der Waals surface area contributed by atoms with Gasteiger partial charge in [0.2, 0.25) is 0 Å². The standard InChI is InChI=1S/C8H11N3O6S/c12-2-1-17-7(4(14)3(2)13)18-6-5(15)9-8(16)11-10-6/h2-4,7,12-14H,1H2,(H2,9,11,15,16). The molecule has 1 aromatic heterocycles. The van der Waals surface area contributed by atoms with Gasteiger partial charge in [-0.2, -0.15) is 5.10 Å². The lowest BCUT2D eigenvalue weighted by atomic mass is 10.1. The van der Waals surface area contributed by atoms with Crippen LogP contribution in [0.1, 0.15) is 0 Å². The Balaban J connectivity index is 2.14. The first-order valence-corrected chi connectivity index (χ1v) is 5.88. The van der Waals surface area contributed by atoms with Crippen molar-refractivity contribution in [1.29, 1.82) is 0 Å². The van der Waals surface area contributed by atoms with Crippen LogP contribution < -0.4 is 11.2 Å². The molecule has 1 aliphatic rings. The lowest BCUT2D eigenvalue weighted by Crippen LogP contribution is -2.51. The second-order valence-corrected chi connectivity index (χ2v) is 4.77. The van der Waals surface area contributed by atoms with Crippen LogP contribution >= 0.6 is 11.8 Å². The summed E-state index contributed by atoms with van der Waals surface area (Å²) in [5, 5.41) is 33.8. The van der Waals surface area contributed by atoms with Gasteiger partial charge in [0.1, 0.15) is 23.7 Å². The minimum atomic E-state index is -1.37. The first kappa shape index (κ1) is 13.2. The molecule has 18 heavy (non-hydrogen) atoms. The van der Waals surface area contributed by atoms with E-state index in [1.165, 1.54) is 0 Å². The molecule has 0 bridgehead atoms. The third kappa shape index (κ3) is 2.62. The molecule has 0 aromatic carbocycles. The van der Waals surface area contributed by atoms with Gasteiger partial charge in [0.15, 0.2) is 5.03 Å². The second-order valence-electron chi connectivity index (χ2n) is 3.68. The van der Waals surface area contributed by atoms with E-state index in [9.17, 15) is 24.9 Å². The molecule has 0 aliphatic carbocycles. The van der Waals surface area contributed by atoms with Crippen LogP contribution in [0.4, 0.5) is 0 Å². The maximum atomic E-state index is 11.4. The molecule has 10 heteroatoms. The predicted octanol–water partition coefficient (Wildman–Crippen LogP) is -3.01. The molecule has 1 saturated heterocycles. The number of aliphatic hydroxyl groups excluding tert-OH is 3. The van der Waals surface area contributed by atoms with Crippen molar-refractivity contribution in [2.24, 2.45) is 0 Å². The average Bonchev–Trinajstić information content (AvgIpc) is 2.33. The summed E-state index contributed by atoms with van der Waals surface area (Å²) in [5.41, 5.74) is -2.42. The van der Waals surface area contributed by atoms with E-state index >= 15 is 0 Å². The van der Waals surface area contributed by atoms with Crippen LogP contribution in [0.15, 0.2) is 14.6 Å². The molecule has 100 valence electrons. The minimum absolute atomic E-state index is 0.109. The van der Waals surface area contributed by atoms with Gasteiger partial charge in [-0.1, -0.05) is 11.8 Å². The zero-order valence-corrected chi connectivity index (χ0v) is 9.75. The Kier molecular flexibility index (Phi) is 3.82. The van der Waals surface area contributed by atoms with E-state index in [1.807, 2.05) is 10.1 Å². The van der Waals surface area contributed by atoms with Crippen molar-refractivity contribution in [2.75, 3.05) is 6.61 Å². The van der Waals surface area contributed by atoms with Gasteiger partial charge in [0.25, 0.3) is 5.56 Å². The number of H-pyrrole nitrogens is 2. The molecular weight excluding hydrogens is 266 g/mol. The van der Waals surface area contributed by atoms with Gasteiger partial charge < -0.3 is 20.1 Å². The molecule has 1 fully saturated rings. The highest BCUT2D eigenvalue weighted by molar-refractivity contribution is 7.99. The number of nitrogens with zero attached hydrogens (tertiary/aromatic N) is 1. The molecule has 0 radical (unpaired) electrons. The van der Waals surface area contributed by atoms with Crippen molar-refractivity contribution in [1.82, 2.24) is 15.2 Å². The van der Waals surface area contributed by atoms with Crippen molar-refractivity contribution >= 4 is 11.8 Å². The number of thioether (sulfide) groups is 1. The number of ether oxygens (including phenoxy) is 1. The lowest BCUT2D eigenvalue weighted by Gasteiger charge is -2.34. The number of nitrogens with one attached hydrogen (secondary N) is 2. The molecule has 2 rings (SSSR count). The highest BCUT2D eigenvalue weighted by atomic mass is 32.2. The van der Waals surface area contributed by atoms with E-state index in [0.29, 0.717) is 0 Å². The van der Waals surface area contributed by atoms with Gasteiger partial charge in [0, 0.05) is 0 Å². The van der Waals surface area contributed by atoms with Crippen molar-refractivity contribution in [3.05, 3.63) is 20.8 Å². The van der Waals surface area contributed by atoms with Gasteiger partial charge in [-0.3, -0.25) is 9.78 Å². The van der Waals surface area contributed by atoms with E-state index in [-0.39, 0.29) is 11.6 Å². The number of aliphatic hydroxyl groups is 3. The molecule has 4 atom stereocenters. The second kappa shape index (κ2) is 5.20. The Morgan fingerprint density at radius 3 is 2.67 bits per heavy atom. The van der Waals surface area contributed by atoms with Crippen molar-refractivity contribution in [2.45, 2.75) is 28.8 Å². The molecule has 4 unspecified atom stereocenters. The SMILES string of the molecule is O=c1[nH]nc(SC2OCC(O)C(O)C2O)c(=O)[nH]1.